The highest BCUT2D eigenvalue weighted by Gasteiger charge is 2.25. The van der Waals surface area contributed by atoms with E-state index < -0.39 is 9.84 Å². The summed E-state index contributed by atoms with van der Waals surface area (Å²) in [5.74, 6) is 0. The van der Waals surface area contributed by atoms with Crippen molar-refractivity contribution in [3.8, 4) is 0 Å². The summed E-state index contributed by atoms with van der Waals surface area (Å²) in [7, 11) is -3.57. The van der Waals surface area contributed by atoms with Gasteiger partial charge in [-0.1, -0.05) is 42.5 Å². The molecule has 1 aliphatic heterocycles. The van der Waals surface area contributed by atoms with Gasteiger partial charge in [0.25, 0.3) is 0 Å². The molecule has 0 aromatic heterocycles. The minimum absolute atomic E-state index is 0.326. The lowest BCUT2D eigenvalue weighted by atomic mass is 10.1. The summed E-state index contributed by atoms with van der Waals surface area (Å²) in [6.45, 7) is 6.16. The molecule has 140 valence electrons. The van der Waals surface area contributed by atoms with Crippen LogP contribution in [0.1, 0.15) is 13.8 Å². The van der Waals surface area contributed by atoms with E-state index in [1.807, 2.05) is 36.4 Å². The maximum Gasteiger partial charge on any atom is 0.207 e. The van der Waals surface area contributed by atoms with Crippen LogP contribution in [0.25, 0.3) is 10.8 Å². The van der Waals surface area contributed by atoms with Gasteiger partial charge in [-0.25, -0.2) is 8.42 Å². The molecule has 4 rings (SSSR count). The van der Waals surface area contributed by atoms with Gasteiger partial charge in [0.1, 0.15) is 0 Å². The zero-order chi connectivity index (χ0) is 19.0. The van der Waals surface area contributed by atoms with Gasteiger partial charge in [0.05, 0.1) is 9.79 Å². The molecule has 1 fully saturated rings. The Kier molecular flexibility index (Phi) is 4.66. The van der Waals surface area contributed by atoms with Crippen LogP contribution >= 0.6 is 0 Å². The highest BCUT2D eigenvalue weighted by atomic mass is 32.2. The summed E-state index contributed by atoms with van der Waals surface area (Å²) in [4.78, 5) is 3.05. The van der Waals surface area contributed by atoms with E-state index in [4.69, 9.17) is 0 Å². The molecule has 1 heterocycles. The molecule has 5 heteroatoms. The first-order chi connectivity index (χ1) is 13.0. The van der Waals surface area contributed by atoms with Crippen LogP contribution in [-0.2, 0) is 9.84 Å². The Bertz CT molecular complexity index is 1050. The molecule has 0 spiro atoms. The number of benzene rings is 3. The Morgan fingerprint density at radius 2 is 1.41 bits per heavy atom. The van der Waals surface area contributed by atoms with Crippen molar-refractivity contribution < 1.29 is 8.42 Å². The fraction of sp³-hybridized carbons (Fsp3) is 0.273. The lowest BCUT2D eigenvalue weighted by molar-refractivity contribution is 0.407. The maximum atomic E-state index is 13.2. The van der Waals surface area contributed by atoms with Crippen molar-refractivity contribution >= 4 is 26.3 Å². The number of rotatable bonds is 3. The monoisotopic (exact) mass is 380 g/mol. The van der Waals surface area contributed by atoms with Crippen LogP contribution in [0.5, 0.6) is 0 Å². The number of hydrogen-bond acceptors (Lipinski definition) is 4. The average molecular weight is 381 g/mol. The molecular weight excluding hydrogens is 356 g/mol. The molecule has 2 atom stereocenters. The van der Waals surface area contributed by atoms with E-state index in [0.717, 1.165) is 29.5 Å². The summed E-state index contributed by atoms with van der Waals surface area (Å²) in [6, 6.07) is 20.9. The Morgan fingerprint density at radius 3 is 2.07 bits per heavy atom. The normalized spacial score (nSPS) is 20.7. The molecule has 1 saturated heterocycles. The highest BCUT2D eigenvalue weighted by molar-refractivity contribution is 7.91. The lowest BCUT2D eigenvalue weighted by Gasteiger charge is -2.38. The fourth-order valence-corrected chi connectivity index (χ4v) is 5.50. The molecule has 3 aromatic rings. The number of nitrogens with one attached hydrogen (secondary N) is 1. The molecule has 0 amide bonds. The van der Waals surface area contributed by atoms with Crippen molar-refractivity contribution in [2.24, 2.45) is 0 Å². The Morgan fingerprint density at radius 1 is 0.815 bits per heavy atom. The fourth-order valence-electron chi connectivity index (χ4n) is 4.02. The minimum atomic E-state index is -3.57. The third kappa shape index (κ3) is 3.33. The molecule has 3 aromatic carbocycles. The molecule has 0 aliphatic carbocycles. The van der Waals surface area contributed by atoms with Crippen LogP contribution in [0.4, 0.5) is 5.69 Å². The third-order valence-electron chi connectivity index (χ3n) is 5.10. The van der Waals surface area contributed by atoms with Crippen LogP contribution in [0, 0.1) is 0 Å². The molecule has 4 nitrogen and oxygen atoms in total. The van der Waals surface area contributed by atoms with Crippen molar-refractivity contribution in [3.05, 3.63) is 66.7 Å². The SMILES string of the molecule is C[C@@H]1CN(c2ccc(S(=O)(=O)c3ccccc3)c3ccccc23)C[C@H](C)N1. The maximum absolute atomic E-state index is 13.2. The van der Waals surface area contributed by atoms with Gasteiger partial charge < -0.3 is 10.2 Å². The minimum Gasteiger partial charge on any atom is -0.368 e. The topological polar surface area (TPSA) is 49.4 Å². The predicted molar refractivity (Wildman–Crippen MR) is 110 cm³/mol. The molecule has 0 radical (unpaired) electrons. The van der Waals surface area contributed by atoms with E-state index in [9.17, 15) is 8.42 Å². The summed E-state index contributed by atoms with van der Waals surface area (Å²) in [5.41, 5.74) is 1.10. The van der Waals surface area contributed by atoms with Crippen LogP contribution in [0.2, 0.25) is 0 Å². The van der Waals surface area contributed by atoms with Crippen LogP contribution < -0.4 is 10.2 Å². The number of anilines is 1. The predicted octanol–water partition coefficient (Wildman–Crippen LogP) is 3.86. The van der Waals surface area contributed by atoms with Gasteiger partial charge >= 0.3 is 0 Å². The summed E-state index contributed by atoms with van der Waals surface area (Å²) in [6.07, 6.45) is 0. The zero-order valence-electron chi connectivity index (χ0n) is 15.6. The number of hydrogen-bond donors (Lipinski definition) is 1. The second-order valence-electron chi connectivity index (χ2n) is 7.32. The van der Waals surface area contributed by atoms with E-state index in [0.29, 0.717) is 21.9 Å². The van der Waals surface area contributed by atoms with E-state index in [1.165, 1.54) is 0 Å². The number of piperazine rings is 1. The van der Waals surface area contributed by atoms with Gasteiger partial charge in [-0.05, 0) is 38.1 Å². The molecule has 0 bridgehead atoms. The van der Waals surface area contributed by atoms with E-state index in [-0.39, 0.29) is 0 Å². The number of fused-ring (bicyclic) bond motifs is 1. The van der Waals surface area contributed by atoms with E-state index in [1.54, 1.807) is 30.3 Å². The Balaban J connectivity index is 1.87. The Hall–Kier alpha value is -2.37. The first-order valence-corrected chi connectivity index (χ1v) is 10.8. The molecule has 0 saturated carbocycles. The Labute approximate surface area is 160 Å². The van der Waals surface area contributed by atoms with Crippen LogP contribution in [0.15, 0.2) is 76.5 Å². The van der Waals surface area contributed by atoms with Gasteiger partial charge in [-0.15, -0.1) is 0 Å². The van der Waals surface area contributed by atoms with Gasteiger partial charge in [-0.3, -0.25) is 0 Å². The summed E-state index contributed by atoms with van der Waals surface area (Å²) < 4.78 is 26.4. The second-order valence-corrected chi connectivity index (χ2v) is 9.24. The van der Waals surface area contributed by atoms with Crippen molar-refractivity contribution in [1.82, 2.24) is 5.32 Å². The lowest BCUT2D eigenvalue weighted by Crippen LogP contribution is -2.54. The van der Waals surface area contributed by atoms with Gasteiger partial charge in [0.15, 0.2) is 0 Å². The van der Waals surface area contributed by atoms with Crippen LogP contribution in [-0.4, -0.2) is 33.6 Å². The zero-order valence-corrected chi connectivity index (χ0v) is 16.4. The van der Waals surface area contributed by atoms with E-state index in [2.05, 4.69) is 24.1 Å². The molecular formula is C22H24N2O2S. The summed E-state index contributed by atoms with van der Waals surface area (Å²) in [5, 5.41) is 5.30. The second kappa shape index (κ2) is 6.98. The molecule has 27 heavy (non-hydrogen) atoms. The number of sulfone groups is 1. The smallest absolute Gasteiger partial charge is 0.207 e. The average Bonchev–Trinajstić information content (AvgIpc) is 2.67. The highest BCUT2D eigenvalue weighted by Crippen LogP contribution is 2.35. The molecule has 1 N–H and O–H groups in total. The van der Waals surface area contributed by atoms with Crippen LogP contribution in [0.3, 0.4) is 0 Å². The first kappa shape index (κ1) is 18.0. The largest absolute Gasteiger partial charge is 0.368 e. The van der Waals surface area contributed by atoms with E-state index >= 15 is 0 Å². The van der Waals surface area contributed by atoms with Gasteiger partial charge in [-0.2, -0.15) is 0 Å². The van der Waals surface area contributed by atoms with Gasteiger partial charge in [0, 0.05) is 41.6 Å². The van der Waals surface area contributed by atoms with Crippen molar-refractivity contribution in [2.75, 3.05) is 18.0 Å². The van der Waals surface area contributed by atoms with Gasteiger partial charge in [0.2, 0.25) is 9.84 Å². The third-order valence-corrected chi connectivity index (χ3v) is 6.93. The number of nitrogens with zero attached hydrogens (tertiary/aromatic N) is 1. The van der Waals surface area contributed by atoms with Crippen molar-refractivity contribution in [1.29, 1.82) is 0 Å². The van der Waals surface area contributed by atoms with Crippen molar-refractivity contribution in [2.45, 2.75) is 35.7 Å². The molecule has 1 aliphatic rings. The molecule has 0 unspecified atom stereocenters. The first-order valence-electron chi connectivity index (χ1n) is 9.29. The quantitative estimate of drug-likeness (QED) is 0.750. The van der Waals surface area contributed by atoms with Crippen molar-refractivity contribution in [3.63, 3.8) is 0 Å². The summed E-state index contributed by atoms with van der Waals surface area (Å²) >= 11 is 0. The standard InChI is InChI=1S/C22H24N2O2S/c1-16-14-24(15-17(2)23-16)21-12-13-22(20-11-7-6-10-19(20)21)27(25,26)18-8-4-3-5-9-18/h3-13,16-17,23H,14-15H2,1-2H3/t16-,17+.